The first-order valence-corrected chi connectivity index (χ1v) is 9.45. The Hall–Kier alpha value is -3.36. The van der Waals surface area contributed by atoms with Gasteiger partial charge in [0.2, 0.25) is 0 Å². The standard InChI is InChI=1S/C21H19F3N4O2/c1-3-30-18-10-15(4-5-17(18)21(22,23)24)27-12-13(2)28-19(20(27)29)16(11-26-28)14-6-8-25-9-7-14/h4-11,13H,3,12H2,1-2H3/t13-/m0/s1. The summed E-state index contributed by atoms with van der Waals surface area (Å²) in [5.74, 6) is -0.629. The summed E-state index contributed by atoms with van der Waals surface area (Å²) in [6, 6.07) is 6.92. The Labute approximate surface area is 170 Å². The summed E-state index contributed by atoms with van der Waals surface area (Å²) in [5, 5.41) is 4.36. The van der Waals surface area contributed by atoms with Crippen LogP contribution in [0, 0.1) is 0 Å². The summed E-state index contributed by atoms with van der Waals surface area (Å²) in [4.78, 5) is 18.8. The van der Waals surface area contributed by atoms with Crippen molar-refractivity contribution in [1.82, 2.24) is 14.8 Å². The van der Waals surface area contributed by atoms with E-state index in [2.05, 4.69) is 10.1 Å². The molecule has 0 saturated heterocycles. The number of carbonyl (C=O) groups excluding carboxylic acids is 1. The van der Waals surface area contributed by atoms with Gasteiger partial charge in [-0.25, -0.2) is 0 Å². The molecule has 0 spiro atoms. The molecule has 4 rings (SSSR count). The molecule has 3 aromatic rings. The van der Waals surface area contributed by atoms with Crippen molar-refractivity contribution >= 4 is 11.6 Å². The monoisotopic (exact) mass is 416 g/mol. The van der Waals surface area contributed by atoms with E-state index in [1.54, 1.807) is 42.3 Å². The van der Waals surface area contributed by atoms with Crippen molar-refractivity contribution in [3.05, 3.63) is 60.2 Å². The van der Waals surface area contributed by atoms with Gasteiger partial charge in [-0.15, -0.1) is 0 Å². The van der Waals surface area contributed by atoms with Gasteiger partial charge in [0.15, 0.2) is 0 Å². The Morgan fingerprint density at radius 2 is 1.93 bits per heavy atom. The van der Waals surface area contributed by atoms with Crippen LogP contribution < -0.4 is 9.64 Å². The number of amides is 1. The molecular formula is C21H19F3N4O2. The highest BCUT2D eigenvalue weighted by Gasteiger charge is 2.37. The molecule has 0 aliphatic carbocycles. The zero-order chi connectivity index (χ0) is 21.5. The van der Waals surface area contributed by atoms with E-state index in [4.69, 9.17) is 4.74 Å². The van der Waals surface area contributed by atoms with Crippen LogP contribution in [0.25, 0.3) is 11.1 Å². The van der Waals surface area contributed by atoms with Crippen LogP contribution >= 0.6 is 0 Å². The van der Waals surface area contributed by atoms with Gasteiger partial charge in [-0.1, -0.05) is 0 Å². The highest BCUT2D eigenvalue weighted by molar-refractivity contribution is 6.09. The summed E-state index contributed by atoms with van der Waals surface area (Å²) in [5.41, 5.74) is 1.30. The molecule has 1 aromatic carbocycles. The van der Waals surface area contributed by atoms with E-state index in [1.807, 2.05) is 6.92 Å². The number of halogens is 3. The lowest BCUT2D eigenvalue weighted by Gasteiger charge is -2.33. The summed E-state index contributed by atoms with van der Waals surface area (Å²) in [7, 11) is 0. The third-order valence-corrected chi connectivity index (χ3v) is 4.98. The molecule has 0 bridgehead atoms. The minimum absolute atomic E-state index is 0.0792. The second-order valence-electron chi connectivity index (χ2n) is 6.96. The molecule has 0 fully saturated rings. The summed E-state index contributed by atoms with van der Waals surface area (Å²) < 4.78 is 46.8. The maximum Gasteiger partial charge on any atom is 0.419 e. The van der Waals surface area contributed by atoms with E-state index in [0.717, 1.165) is 11.6 Å². The average molecular weight is 416 g/mol. The molecule has 156 valence electrons. The largest absolute Gasteiger partial charge is 0.493 e. The predicted molar refractivity (Wildman–Crippen MR) is 104 cm³/mol. The van der Waals surface area contributed by atoms with E-state index in [-0.39, 0.29) is 30.9 Å². The molecule has 30 heavy (non-hydrogen) atoms. The van der Waals surface area contributed by atoms with Gasteiger partial charge in [0.1, 0.15) is 11.4 Å². The molecule has 0 unspecified atom stereocenters. The van der Waals surface area contributed by atoms with Gasteiger partial charge in [-0.3, -0.25) is 14.5 Å². The van der Waals surface area contributed by atoms with Crippen LogP contribution in [0.1, 0.15) is 35.9 Å². The van der Waals surface area contributed by atoms with Crippen molar-refractivity contribution < 1.29 is 22.7 Å². The second-order valence-corrected chi connectivity index (χ2v) is 6.96. The van der Waals surface area contributed by atoms with Crippen molar-refractivity contribution in [3.63, 3.8) is 0 Å². The molecule has 6 nitrogen and oxygen atoms in total. The first-order chi connectivity index (χ1) is 14.3. The number of rotatable bonds is 4. The van der Waals surface area contributed by atoms with Crippen molar-refractivity contribution in [2.75, 3.05) is 18.1 Å². The Bertz CT molecular complexity index is 1080. The summed E-state index contributed by atoms with van der Waals surface area (Å²) >= 11 is 0. The lowest BCUT2D eigenvalue weighted by Crippen LogP contribution is -2.42. The minimum Gasteiger partial charge on any atom is -0.493 e. The van der Waals surface area contributed by atoms with E-state index in [9.17, 15) is 18.0 Å². The normalized spacial score (nSPS) is 16.5. The molecule has 3 heterocycles. The van der Waals surface area contributed by atoms with Gasteiger partial charge >= 0.3 is 6.18 Å². The molecule has 0 saturated carbocycles. The van der Waals surface area contributed by atoms with Crippen LogP contribution in [0.4, 0.5) is 18.9 Å². The SMILES string of the molecule is CCOc1cc(N2C[C@H](C)n3ncc(-c4ccncc4)c3C2=O)ccc1C(F)(F)F. The number of hydrogen-bond acceptors (Lipinski definition) is 4. The van der Waals surface area contributed by atoms with Crippen molar-refractivity contribution in [2.45, 2.75) is 26.1 Å². The summed E-state index contributed by atoms with van der Waals surface area (Å²) in [6.07, 6.45) is 0.326. The highest BCUT2D eigenvalue weighted by atomic mass is 19.4. The maximum atomic E-state index is 13.4. The highest BCUT2D eigenvalue weighted by Crippen LogP contribution is 2.40. The third kappa shape index (κ3) is 3.40. The molecule has 1 aliphatic heterocycles. The minimum atomic E-state index is -4.55. The Kier molecular flexibility index (Phi) is 4.97. The van der Waals surface area contributed by atoms with Gasteiger partial charge in [0, 0.05) is 36.3 Å². The maximum absolute atomic E-state index is 13.4. The van der Waals surface area contributed by atoms with Crippen LogP contribution in [-0.4, -0.2) is 33.8 Å². The van der Waals surface area contributed by atoms with E-state index in [1.165, 1.54) is 17.0 Å². The number of benzene rings is 1. The number of alkyl halides is 3. The fraction of sp³-hybridized carbons (Fsp3) is 0.286. The van der Waals surface area contributed by atoms with E-state index in [0.29, 0.717) is 16.9 Å². The lowest BCUT2D eigenvalue weighted by molar-refractivity contribution is -0.138. The van der Waals surface area contributed by atoms with Crippen LogP contribution in [0.15, 0.2) is 48.9 Å². The molecule has 0 N–H and O–H groups in total. The van der Waals surface area contributed by atoms with Crippen LogP contribution in [0.2, 0.25) is 0 Å². The van der Waals surface area contributed by atoms with Gasteiger partial charge in [0.05, 0.1) is 24.4 Å². The first-order valence-electron chi connectivity index (χ1n) is 9.45. The number of fused-ring (bicyclic) bond motifs is 1. The molecule has 0 radical (unpaired) electrons. The number of hydrogen-bond donors (Lipinski definition) is 0. The number of nitrogens with zero attached hydrogens (tertiary/aromatic N) is 4. The average Bonchev–Trinajstić information content (AvgIpc) is 3.17. The van der Waals surface area contributed by atoms with Crippen LogP contribution in [-0.2, 0) is 6.18 Å². The zero-order valence-corrected chi connectivity index (χ0v) is 16.3. The van der Waals surface area contributed by atoms with Gasteiger partial charge in [0.25, 0.3) is 5.91 Å². The Balaban J connectivity index is 1.77. The second kappa shape index (κ2) is 7.47. The Morgan fingerprint density at radius 3 is 2.60 bits per heavy atom. The van der Waals surface area contributed by atoms with Crippen molar-refractivity contribution in [3.8, 4) is 16.9 Å². The lowest BCUT2D eigenvalue weighted by atomic mass is 10.0. The predicted octanol–water partition coefficient (Wildman–Crippen LogP) is 4.58. The topological polar surface area (TPSA) is 60.2 Å². The van der Waals surface area contributed by atoms with Gasteiger partial charge in [-0.05, 0) is 43.7 Å². The molecule has 1 atom stereocenters. The fourth-order valence-electron chi connectivity index (χ4n) is 3.62. The van der Waals surface area contributed by atoms with Crippen LogP contribution in [0.3, 0.4) is 0 Å². The number of anilines is 1. The Morgan fingerprint density at radius 1 is 1.20 bits per heavy atom. The smallest absolute Gasteiger partial charge is 0.419 e. The number of aromatic nitrogens is 3. The van der Waals surface area contributed by atoms with E-state index < -0.39 is 11.7 Å². The molecule has 1 aliphatic rings. The van der Waals surface area contributed by atoms with Gasteiger partial charge < -0.3 is 9.64 Å². The number of ether oxygens (including phenoxy) is 1. The fourth-order valence-corrected chi connectivity index (χ4v) is 3.62. The number of pyridine rings is 1. The van der Waals surface area contributed by atoms with Gasteiger partial charge in [-0.2, -0.15) is 18.3 Å². The molecule has 9 heteroatoms. The quantitative estimate of drug-likeness (QED) is 0.625. The number of carbonyl (C=O) groups is 1. The van der Waals surface area contributed by atoms with Crippen LogP contribution in [0.5, 0.6) is 5.75 Å². The zero-order valence-electron chi connectivity index (χ0n) is 16.3. The first kappa shape index (κ1) is 19.9. The third-order valence-electron chi connectivity index (χ3n) is 4.98. The molecular weight excluding hydrogens is 397 g/mol. The summed E-state index contributed by atoms with van der Waals surface area (Å²) in [6.45, 7) is 3.87. The molecule has 2 aromatic heterocycles. The van der Waals surface area contributed by atoms with E-state index >= 15 is 0 Å². The van der Waals surface area contributed by atoms with Crippen molar-refractivity contribution in [1.29, 1.82) is 0 Å². The van der Waals surface area contributed by atoms with Crippen molar-refractivity contribution in [2.24, 2.45) is 0 Å². The molecule has 1 amide bonds.